The van der Waals surface area contributed by atoms with E-state index < -0.39 is 23.7 Å². The number of benzene rings is 1. The van der Waals surface area contributed by atoms with Crippen LogP contribution in [0.15, 0.2) is 18.2 Å². The Hall–Kier alpha value is -2.15. The Labute approximate surface area is 156 Å². The molecule has 1 fully saturated rings. The Balaban J connectivity index is 1.82. The summed E-state index contributed by atoms with van der Waals surface area (Å²) in [4.78, 5) is 35.1. The molecule has 2 rings (SSSR count). The number of halogens is 2. The van der Waals surface area contributed by atoms with Crippen molar-refractivity contribution in [2.24, 2.45) is 5.92 Å². The van der Waals surface area contributed by atoms with Crippen molar-refractivity contribution in [1.82, 2.24) is 10.6 Å². The SMILES string of the molecule is O=C(CCC1CCCC1)NCC(=O)NC(C(=O)O)c1ccc(Cl)c(F)c1. The van der Waals surface area contributed by atoms with Gasteiger partial charge in [-0.05, 0) is 30.0 Å². The number of nitrogens with one attached hydrogen (secondary N) is 2. The highest BCUT2D eigenvalue weighted by Crippen LogP contribution is 2.28. The number of aliphatic carboxylic acids is 1. The topological polar surface area (TPSA) is 95.5 Å². The number of carbonyl (C=O) groups is 3. The molecule has 0 heterocycles. The Kier molecular flexibility index (Phi) is 7.38. The lowest BCUT2D eigenvalue weighted by molar-refractivity contribution is -0.142. The average molecular weight is 385 g/mol. The predicted octanol–water partition coefficient (Wildman–Crippen LogP) is 2.81. The third-order valence-electron chi connectivity index (χ3n) is 4.53. The maximum atomic E-state index is 13.5. The van der Waals surface area contributed by atoms with E-state index in [-0.39, 0.29) is 23.0 Å². The highest BCUT2D eigenvalue weighted by Gasteiger charge is 2.23. The van der Waals surface area contributed by atoms with Crippen molar-refractivity contribution in [3.05, 3.63) is 34.6 Å². The lowest BCUT2D eigenvalue weighted by Gasteiger charge is -2.16. The van der Waals surface area contributed by atoms with Gasteiger partial charge in [0.1, 0.15) is 5.82 Å². The van der Waals surface area contributed by atoms with Gasteiger partial charge in [0.05, 0.1) is 11.6 Å². The minimum atomic E-state index is -1.43. The zero-order valence-electron chi connectivity index (χ0n) is 14.3. The molecule has 6 nitrogen and oxygen atoms in total. The van der Waals surface area contributed by atoms with E-state index in [0.29, 0.717) is 12.3 Å². The number of carboxylic acid groups (broad SMARTS) is 1. The first-order valence-corrected chi connectivity index (χ1v) is 8.98. The van der Waals surface area contributed by atoms with E-state index in [0.717, 1.165) is 25.3 Å². The molecule has 0 saturated heterocycles. The van der Waals surface area contributed by atoms with Gasteiger partial charge in [0, 0.05) is 6.42 Å². The lowest BCUT2D eigenvalue weighted by Crippen LogP contribution is -2.41. The second kappa shape index (κ2) is 9.52. The van der Waals surface area contributed by atoms with Crippen LogP contribution in [0, 0.1) is 11.7 Å². The number of amides is 2. The zero-order valence-corrected chi connectivity index (χ0v) is 15.0. The number of carbonyl (C=O) groups excluding carboxylic acids is 2. The third-order valence-corrected chi connectivity index (χ3v) is 4.84. The maximum Gasteiger partial charge on any atom is 0.330 e. The first kappa shape index (κ1) is 20.2. The van der Waals surface area contributed by atoms with E-state index in [1.807, 2.05) is 0 Å². The van der Waals surface area contributed by atoms with Crippen LogP contribution in [0.2, 0.25) is 5.02 Å². The Morgan fingerprint density at radius 1 is 1.23 bits per heavy atom. The van der Waals surface area contributed by atoms with Crippen LogP contribution >= 0.6 is 11.6 Å². The molecule has 0 radical (unpaired) electrons. The van der Waals surface area contributed by atoms with Crippen LogP contribution in [0.3, 0.4) is 0 Å². The van der Waals surface area contributed by atoms with Gasteiger partial charge in [0.15, 0.2) is 6.04 Å². The van der Waals surface area contributed by atoms with Gasteiger partial charge in [-0.15, -0.1) is 0 Å². The standard InChI is InChI=1S/C18H22ClFN2O4/c19-13-7-6-12(9-14(13)20)17(18(25)26)22-16(24)10-21-15(23)8-5-11-3-1-2-4-11/h6-7,9,11,17H,1-5,8,10H2,(H,21,23)(H,22,24)(H,25,26). The highest BCUT2D eigenvalue weighted by molar-refractivity contribution is 6.30. The first-order chi connectivity index (χ1) is 12.4. The van der Waals surface area contributed by atoms with Gasteiger partial charge in [-0.1, -0.05) is 43.4 Å². The van der Waals surface area contributed by atoms with E-state index in [1.165, 1.54) is 25.0 Å². The van der Waals surface area contributed by atoms with Crippen molar-refractivity contribution in [1.29, 1.82) is 0 Å². The molecule has 26 heavy (non-hydrogen) atoms. The molecule has 0 spiro atoms. The van der Waals surface area contributed by atoms with Gasteiger partial charge in [0.2, 0.25) is 11.8 Å². The summed E-state index contributed by atoms with van der Waals surface area (Å²) < 4.78 is 13.5. The number of carboxylic acids is 1. The fourth-order valence-electron chi connectivity index (χ4n) is 3.09. The molecule has 1 atom stereocenters. The summed E-state index contributed by atoms with van der Waals surface area (Å²) in [5.41, 5.74) is 0.0558. The molecular formula is C18H22ClFN2O4. The van der Waals surface area contributed by atoms with E-state index in [1.54, 1.807) is 0 Å². The van der Waals surface area contributed by atoms with Crippen molar-refractivity contribution in [2.75, 3.05) is 6.54 Å². The molecule has 0 aromatic heterocycles. The van der Waals surface area contributed by atoms with E-state index in [4.69, 9.17) is 11.6 Å². The van der Waals surface area contributed by atoms with Crippen LogP contribution in [-0.4, -0.2) is 29.4 Å². The summed E-state index contributed by atoms with van der Waals surface area (Å²) in [6.07, 6.45) is 5.85. The van der Waals surface area contributed by atoms with Gasteiger partial charge < -0.3 is 15.7 Å². The molecule has 0 aliphatic heterocycles. The summed E-state index contributed by atoms with van der Waals surface area (Å²) in [6.45, 7) is -0.330. The lowest BCUT2D eigenvalue weighted by atomic mass is 10.0. The molecular weight excluding hydrogens is 363 g/mol. The van der Waals surface area contributed by atoms with Crippen molar-refractivity contribution in [3.63, 3.8) is 0 Å². The van der Waals surface area contributed by atoms with Crippen LogP contribution in [0.1, 0.15) is 50.1 Å². The van der Waals surface area contributed by atoms with Gasteiger partial charge in [-0.3, -0.25) is 9.59 Å². The monoisotopic (exact) mass is 384 g/mol. The quantitative estimate of drug-likeness (QED) is 0.642. The maximum absolute atomic E-state index is 13.5. The Morgan fingerprint density at radius 3 is 2.54 bits per heavy atom. The predicted molar refractivity (Wildman–Crippen MR) is 94.1 cm³/mol. The van der Waals surface area contributed by atoms with Gasteiger partial charge in [-0.25, -0.2) is 9.18 Å². The molecule has 3 N–H and O–H groups in total. The molecule has 1 aliphatic rings. The fraction of sp³-hybridized carbons (Fsp3) is 0.500. The van der Waals surface area contributed by atoms with Crippen LogP contribution in [-0.2, 0) is 14.4 Å². The molecule has 8 heteroatoms. The van der Waals surface area contributed by atoms with Crippen molar-refractivity contribution in [2.45, 2.75) is 44.6 Å². The van der Waals surface area contributed by atoms with Gasteiger partial charge in [0.25, 0.3) is 0 Å². The normalized spacial score (nSPS) is 15.5. The second-order valence-electron chi connectivity index (χ2n) is 6.48. The summed E-state index contributed by atoms with van der Waals surface area (Å²) in [5.74, 6) is -2.44. The third kappa shape index (κ3) is 5.98. The number of hydrogen-bond donors (Lipinski definition) is 3. The summed E-state index contributed by atoms with van der Waals surface area (Å²) in [7, 11) is 0. The van der Waals surface area contributed by atoms with Gasteiger partial charge in [-0.2, -0.15) is 0 Å². The van der Waals surface area contributed by atoms with Crippen LogP contribution in [0.4, 0.5) is 4.39 Å². The second-order valence-corrected chi connectivity index (χ2v) is 6.89. The minimum Gasteiger partial charge on any atom is -0.479 e. The van der Waals surface area contributed by atoms with Crippen molar-refractivity contribution >= 4 is 29.4 Å². The first-order valence-electron chi connectivity index (χ1n) is 8.60. The van der Waals surface area contributed by atoms with E-state index in [2.05, 4.69) is 10.6 Å². The number of rotatable bonds is 8. The molecule has 1 saturated carbocycles. The van der Waals surface area contributed by atoms with Crippen molar-refractivity contribution in [3.8, 4) is 0 Å². The summed E-state index contributed by atoms with van der Waals surface area (Å²) in [5, 5.41) is 13.9. The van der Waals surface area contributed by atoms with Crippen LogP contribution in [0.5, 0.6) is 0 Å². The van der Waals surface area contributed by atoms with Crippen molar-refractivity contribution < 1.29 is 23.9 Å². The average Bonchev–Trinajstić information content (AvgIpc) is 3.12. The molecule has 2 amide bonds. The summed E-state index contributed by atoms with van der Waals surface area (Å²) in [6, 6.07) is 2.08. The Morgan fingerprint density at radius 2 is 1.92 bits per heavy atom. The number of hydrogen-bond acceptors (Lipinski definition) is 3. The van der Waals surface area contributed by atoms with E-state index >= 15 is 0 Å². The molecule has 142 valence electrons. The fourth-order valence-corrected chi connectivity index (χ4v) is 3.21. The molecule has 1 aromatic carbocycles. The van der Waals surface area contributed by atoms with Gasteiger partial charge >= 0.3 is 5.97 Å². The zero-order chi connectivity index (χ0) is 19.1. The molecule has 0 bridgehead atoms. The molecule has 1 aromatic rings. The minimum absolute atomic E-state index is 0.0558. The smallest absolute Gasteiger partial charge is 0.330 e. The highest BCUT2D eigenvalue weighted by atomic mass is 35.5. The largest absolute Gasteiger partial charge is 0.479 e. The van der Waals surface area contributed by atoms with Crippen LogP contribution < -0.4 is 10.6 Å². The molecule has 1 aliphatic carbocycles. The summed E-state index contributed by atoms with van der Waals surface area (Å²) >= 11 is 5.57. The van der Waals surface area contributed by atoms with E-state index in [9.17, 15) is 23.9 Å². The molecule has 1 unspecified atom stereocenters. The van der Waals surface area contributed by atoms with Crippen LogP contribution in [0.25, 0.3) is 0 Å². The Bertz CT molecular complexity index is 677.